The first-order valence-corrected chi connectivity index (χ1v) is 7.63. The molecule has 0 bridgehead atoms. The molecule has 0 rings (SSSR count). The normalized spacial score (nSPS) is 15.5. The number of carbonyl (C=O) groups excluding carboxylic acids is 1. The van der Waals surface area contributed by atoms with Crippen molar-refractivity contribution in [3.8, 4) is 0 Å². The number of carbonyl (C=O) groups is 1. The Balaban J connectivity index is 4.82. The van der Waals surface area contributed by atoms with Gasteiger partial charge in [0.15, 0.2) is 0 Å². The second-order valence-electron chi connectivity index (χ2n) is 3.44. The second kappa shape index (κ2) is 3.67. The van der Waals surface area contributed by atoms with E-state index in [1.807, 2.05) is 0 Å². The van der Waals surface area contributed by atoms with Crippen LogP contribution in [0.5, 0.6) is 0 Å². The molecular weight excluding hydrogens is 155 g/mol. The zero-order chi connectivity index (χ0) is 8.98. The molecule has 0 N–H and O–H groups in total. The predicted molar refractivity (Wildman–Crippen MR) is 55.8 cm³/mol. The topological polar surface area (TPSA) is 17.1 Å². The zero-order valence-electron chi connectivity index (χ0n) is 8.26. The molecule has 2 heteroatoms. The maximum absolute atomic E-state index is 11.1. The molecule has 0 aliphatic heterocycles. The Morgan fingerprint density at radius 1 is 0.909 bits per heavy atom. The van der Waals surface area contributed by atoms with Crippen LogP contribution in [0.4, 0.5) is 0 Å². The summed E-state index contributed by atoms with van der Waals surface area (Å²) in [6.07, 6.45) is 4.38. The number of hydrogen-bond donors (Lipinski definition) is 0. The third kappa shape index (κ3) is 1.64. The van der Waals surface area contributed by atoms with Crippen LogP contribution >= 0.6 is 6.60 Å². The van der Waals surface area contributed by atoms with Crippen LogP contribution in [0.3, 0.4) is 0 Å². The SMILES string of the molecule is CCP(C=O)(CC)(CC)CC. The summed E-state index contributed by atoms with van der Waals surface area (Å²) in [5, 5.41) is 0. The summed E-state index contributed by atoms with van der Waals surface area (Å²) in [7, 11) is 0. The first kappa shape index (κ1) is 11.1. The van der Waals surface area contributed by atoms with Crippen LogP contribution in [-0.4, -0.2) is 30.7 Å². The first-order valence-electron chi connectivity index (χ1n) is 4.59. The second-order valence-corrected chi connectivity index (χ2v) is 10.3. The van der Waals surface area contributed by atoms with Crippen LogP contribution in [0.25, 0.3) is 0 Å². The summed E-state index contributed by atoms with van der Waals surface area (Å²) in [4.78, 5) is 11.1. The van der Waals surface area contributed by atoms with Crippen molar-refractivity contribution in [3.05, 3.63) is 0 Å². The van der Waals surface area contributed by atoms with Crippen molar-refractivity contribution in [1.82, 2.24) is 0 Å². The fraction of sp³-hybridized carbons (Fsp3) is 0.889. The Kier molecular flexibility index (Phi) is 3.70. The van der Waals surface area contributed by atoms with Crippen LogP contribution in [0.15, 0.2) is 0 Å². The van der Waals surface area contributed by atoms with E-state index in [2.05, 4.69) is 27.7 Å². The van der Waals surface area contributed by atoms with Gasteiger partial charge in [-0.2, -0.15) is 0 Å². The monoisotopic (exact) mass is 176 g/mol. The predicted octanol–water partition coefficient (Wildman–Crippen LogP) is 2.81. The van der Waals surface area contributed by atoms with Crippen LogP contribution in [0, 0.1) is 0 Å². The standard InChI is InChI=1S/C9H21OP/c1-5-11(6-2,7-3,8-4)9-10/h9H,5-8H2,1-4H3. The van der Waals surface area contributed by atoms with E-state index in [1.165, 1.54) is 6.03 Å². The third-order valence-corrected chi connectivity index (χ3v) is 11.1. The van der Waals surface area contributed by atoms with Gasteiger partial charge < -0.3 is 0 Å². The van der Waals surface area contributed by atoms with Crippen LogP contribution in [0.2, 0.25) is 0 Å². The van der Waals surface area contributed by atoms with Gasteiger partial charge in [0.1, 0.15) is 0 Å². The molecule has 0 aromatic rings. The molecular formula is C9H21OP. The van der Waals surface area contributed by atoms with Crippen LogP contribution in [-0.2, 0) is 4.79 Å². The van der Waals surface area contributed by atoms with Gasteiger partial charge in [0, 0.05) is 0 Å². The average molecular weight is 176 g/mol. The molecule has 68 valence electrons. The van der Waals surface area contributed by atoms with Gasteiger partial charge in [0.25, 0.3) is 0 Å². The van der Waals surface area contributed by atoms with Gasteiger partial charge in [-0.05, 0) is 0 Å². The van der Waals surface area contributed by atoms with Gasteiger partial charge in [-0.3, -0.25) is 0 Å². The van der Waals surface area contributed by atoms with Gasteiger partial charge in [-0.25, -0.2) is 0 Å². The Morgan fingerprint density at radius 3 is 1.18 bits per heavy atom. The summed E-state index contributed by atoms with van der Waals surface area (Å²) in [5.41, 5.74) is 0. The van der Waals surface area contributed by atoms with Gasteiger partial charge in [0.2, 0.25) is 0 Å². The third-order valence-electron chi connectivity index (χ3n) is 3.71. The van der Waals surface area contributed by atoms with Crippen molar-refractivity contribution in [2.24, 2.45) is 0 Å². The molecule has 0 atom stereocenters. The molecule has 0 unspecified atom stereocenters. The van der Waals surface area contributed by atoms with Gasteiger partial charge >= 0.3 is 69.8 Å². The van der Waals surface area contributed by atoms with Crippen LogP contribution in [0.1, 0.15) is 27.7 Å². The summed E-state index contributed by atoms with van der Waals surface area (Å²) < 4.78 is 0. The molecule has 0 aromatic heterocycles. The van der Waals surface area contributed by atoms with Crippen molar-refractivity contribution < 1.29 is 4.79 Å². The molecule has 0 fully saturated rings. The van der Waals surface area contributed by atoms with Crippen molar-refractivity contribution in [2.45, 2.75) is 27.7 Å². The summed E-state index contributed by atoms with van der Waals surface area (Å²) in [6.45, 7) is 6.82. The molecule has 1 nitrogen and oxygen atoms in total. The average Bonchev–Trinajstić information content (AvgIpc) is 2.12. The van der Waals surface area contributed by atoms with Gasteiger partial charge in [-0.1, -0.05) is 0 Å². The molecule has 0 saturated heterocycles. The Bertz CT molecular complexity index is 115. The molecule has 0 aliphatic rings. The molecule has 0 saturated carbocycles. The minimum atomic E-state index is -1.86. The van der Waals surface area contributed by atoms with E-state index in [1.54, 1.807) is 0 Å². The van der Waals surface area contributed by atoms with E-state index in [4.69, 9.17) is 0 Å². The number of rotatable bonds is 5. The van der Waals surface area contributed by atoms with Crippen molar-refractivity contribution in [1.29, 1.82) is 0 Å². The van der Waals surface area contributed by atoms with E-state index in [-0.39, 0.29) is 0 Å². The van der Waals surface area contributed by atoms with Crippen molar-refractivity contribution >= 4 is 12.6 Å². The van der Waals surface area contributed by atoms with Crippen molar-refractivity contribution in [2.75, 3.05) is 24.6 Å². The Morgan fingerprint density at radius 2 is 1.18 bits per heavy atom. The van der Waals surface area contributed by atoms with E-state index in [0.717, 1.165) is 24.6 Å². The zero-order valence-corrected chi connectivity index (χ0v) is 9.16. The summed E-state index contributed by atoms with van der Waals surface area (Å²) in [6, 6.07) is 1.31. The molecule has 0 aromatic carbocycles. The van der Waals surface area contributed by atoms with Crippen molar-refractivity contribution in [3.63, 3.8) is 0 Å². The van der Waals surface area contributed by atoms with E-state index < -0.39 is 6.60 Å². The molecule has 0 amide bonds. The van der Waals surface area contributed by atoms with Crippen LogP contribution < -0.4 is 0 Å². The van der Waals surface area contributed by atoms with Gasteiger partial charge in [-0.15, -0.1) is 0 Å². The molecule has 11 heavy (non-hydrogen) atoms. The summed E-state index contributed by atoms with van der Waals surface area (Å²) in [5.74, 6) is 0. The minimum absolute atomic E-state index is 1.10. The molecule has 0 radical (unpaired) electrons. The van der Waals surface area contributed by atoms with E-state index >= 15 is 0 Å². The Hall–Kier alpha value is 0.100. The van der Waals surface area contributed by atoms with Gasteiger partial charge in [0.05, 0.1) is 0 Å². The molecule has 0 aliphatic carbocycles. The molecule has 0 spiro atoms. The fourth-order valence-corrected chi connectivity index (χ4v) is 4.92. The molecule has 0 heterocycles. The first-order chi connectivity index (χ1) is 5.12. The Labute approximate surface area is 70.5 Å². The fourth-order valence-electron chi connectivity index (χ4n) is 1.64. The van der Waals surface area contributed by atoms with E-state index in [0.29, 0.717) is 0 Å². The summed E-state index contributed by atoms with van der Waals surface area (Å²) >= 11 is 0. The van der Waals surface area contributed by atoms with E-state index in [9.17, 15) is 4.79 Å². The maximum atomic E-state index is 11.1. The number of hydrogen-bond acceptors (Lipinski definition) is 1. The quantitative estimate of drug-likeness (QED) is 0.465.